The van der Waals surface area contributed by atoms with E-state index in [0.29, 0.717) is 0 Å². The summed E-state index contributed by atoms with van der Waals surface area (Å²) in [5.74, 6) is -1.63. The van der Waals surface area contributed by atoms with E-state index in [-0.39, 0.29) is 0 Å². The summed E-state index contributed by atoms with van der Waals surface area (Å²) in [7, 11) is 0. The maximum atomic E-state index is 10.6. The summed E-state index contributed by atoms with van der Waals surface area (Å²) < 4.78 is 0. The van der Waals surface area contributed by atoms with Gasteiger partial charge in [-0.1, -0.05) is 11.6 Å². The molecule has 8 nitrogen and oxygen atoms in total. The molecule has 0 fully saturated rings. The minimum absolute atomic E-state index is 0.485. The Labute approximate surface area is 92.4 Å². The topological polar surface area (TPSA) is 124 Å². The maximum Gasteiger partial charge on any atom is 0.365 e. The van der Waals surface area contributed by atoms with Gasteiger partial charge in [-0.2, -0.15) is 0 Å². The summed E-state index contributed by atoms with van der Waals surface area (Å²) in [4.78, 5) is 29.5. The average molecular weight is 247 g/mol. The lowest BCUT2D eigenvalue weighted by Gasteiger charge is -2.00. The molecule has 0 bridgehead atoms. The molecule has 84 valence electrons. The van der Waals surface area contributed by atoms with E-state index in [4.69, 9.17) is 16.7 Å². The highest BCUT2D eigenvalue weighted by molar-refractivity contribution is 6.33. The molecule has 0 amide bonds. The quantitative estimate of drug-likeness (QED) is 0.641. The van der Waals surface area contributed by atoms with Crippen LogP contribution in [0.15, 0.2) is 12.1 Å². The highest BCUT2D eigenvalue weighted by atomic mass is 35.5. The first-order valence-corrected chi connectivity index (χ1v) is 4.08. The monoisotopic (exact) mass is 246 g/mol. The number of rotatable bonds is 3. The largest absolute Gasteiger partial charge is 0.477 e. The Balaban J connectivity index is 3.70. The van der Waals surface area contributed by atoms with Crippen molar-refractivity contribution in [2.24, 2.45) is 0 Å². The molecule has 0 spiro atoms. The van der Waals surface area contributed by atoms with Crippen LogP contribution in [0, 0.1) is 20.2 Å². The van der Waals surface area contributed by atoms with Crippen molar-refractivity contribution in [3.8, 4) is 0 Å². The molecule has 0 radical (unpaired) electrons. The summed E-state index contributed by atoms with van der Waals surface area (Å²) in [6, 6.07) is 1.77. The number of carbonyl (C=O) groups is 1. The predicted octanol–water partition coefficient (Wildman–Crippen LogP) is 1.85. The second-order valence-corrected chi connectivity index (χ2v) is 3.02. The van der Waals surface area contributed by atoms with E-state index in [2.05, 4.69) is 0 Å². The third-order valence-corrected chi connectivity index (χ3v) is 2.00. The fourth-order valence-corrected chi connectivity index (χ4v) is 1.31. The van der Waals surface area contributed by atoms with Gasteiger partial charge in [0, 0.05) is 0 Å². The van der Waals surface area contributed by atoms with Gasteiger partial charge in [0.25, 0.3) is 0 Å². The highest BCUT2D eigenvalue weighted by Crippen LogP contribution is 2.36. The second-order valence-electron chi connectivity index (χ2n) is 2.61. The van der Waals surface area contributed by atoms with Crippen LogP contribution in [-0.2, 0) is 0 Å². The molecule has 0 aromatic heterocycles. The lowest BCUT2D eigenvalue weighted by molar-refractivity contribution is -0.422. The van der Waals surface area contributed by atoms with Crippen molar-refractivity contribution in [3.63, 3.8) is 0 Å². The number of nitro benzene ring substituents is 2. The zero-order valence-corrected chi connectivity index (χ0v) is 8.17. The van der Waals surface area contributed by atoms with Crippen LogP contribution in [0.25, 0.3) is 0 Å². The molecule has 0 aliphatic carbocycles. The SMILES string of the molecule is O=C(O)c1ccc(Cl)c([N+](=O)[O-])c1[N+](=O)[O-]. The van der Waals surface area contributed by atoms with Crippen LogP contribution in [0.5, 0.6) is 0 Å². The molecule has 0 aliphatic heterocycles. The molecule has 0 aliphatic rings. The van der Waals surface area contributed by atoms with Crippen molar-refractivity contribution in [2.45, 2.75) is 0 Å². The third-order valence-electron chi connectivity index (χ3n) is 1.70. The molecular weight excluding hydrogens is 244 g/mol. The summed E-state index contributed by atoms with van der Waals surface area (Å²) in [6.07, 6.45) is 0. The molecule has 1 rings (SSSR count). The Morgan fingerprint density at radius 1 is 1.19 bits per heavy atom. The number of halogens is 1. The number of carboxylic acid groups (broad SMARTS) is 1. The minimum atomic E-state index is -1.63. The van der Waals surface area contributed by atoms with Gasteiger partial charge < -0.3 is 5.11 Å². The van der Waals surface area contributed by atoms with Crippen molar-refractivity contribution in [1.29, 1.82) is 0 Å². The minimum Gasteiger partial charge on any atom is -0.477 e. The summed E-state index contributed by atoms with van der Waals surface area (Å²) in [5.41, 5.74) is -2.92. The van der Waals surface area contributed by atoms with E-state index in [1.165, 1.54) is 0 Å². The molecule has 16 heavy (non-hydrogen) atoms. The molecular formula is C7H3ClN2O6. The van der Waals surface area contributed by atoms with Crippen molar-refractivity contribution in [3.05, 3.63) is 42.9 Å². The number of benzene rings is 1. The summed E-state index contributed by atoms with van der Waals surface area (Å²) in [5, 5.41) is 29.3. The first-order chi connectivity index (χ1) is 7.36. The van der Waals surface area contributed by atoms with Gasteiger partial charge >= 0.3 is 17.3 Å². The summed E-state index contributed by atoms with van der Waals surface area (Å²) in [6.45, 7) is 0. The molecule has 1 N–H and O–H groups in total. The van der Waals surface area contributed by atoms with Crippen LogP contribution in [0.2, 0.25) is 5.02 Å². The van der Waals surface area contributed by atoms with E-state index in [0.717, 1.165) is 12.1 Å². The number of nitro groups is 2. The number of nitrogens with zero attached hydrogens (tertiary/aromatic N) is 2. The van der Waals surface area contributed by atoms with Crippen LogP contribution in [0.3, 0.4) is 0 Å². The highest BCUT2D eigenvalue weighted by Gasteiger charge is 2.34. The maximum absolute atomic E-state index is 10.6. The Bertz CT molecular complexity index is 500. The molecule has 0 unspecified atom stereocenters. The van der Waals surface area contributed by atoms with Gasteiger partial charge in [-0.05, 0) is 12.1 Å². The smallest absolute Gasteiger partial charge is 0.365 e. The Hall–Kier alpha value is -2.22. The van der Waals surface area contributed by atoms with Gasteiger partial charge in [0.2, 0.25) is 0 Å². The predicted molar refractivity (Wildman–Crippen MR) is 51.7 cm³/mol. The third kappa shape index (κ3) is 1.91. The number of aromatic carboxylic acids is 1. The van der Waals surface area contributed by atoms with E-state index in [1.54, 1.807) is 0 Å². The standard InChI is InChI=1S/C7H3ClN2O6/c8-4-2-1-3(7(11)12)5(9(13)14)6(4)10(15)16/h1-2H,(H,11,12). The van der Waals surface area contributed by atoms with E-state index >= 15 is 0 Å². The lowest BCUT2D eigenvalue weighted by Crippen LogP contribution is -2.06. The average Bonchev–Trinajstić information content (AvgIpc) is 2.15. The number of hydrogen-bond donors (Lipinski definition) is 1. The van der Waals surface area contributed by atoms with Crippen molar-refractivity contribution >= 4 is 28.9 Å². The first-order valence-electron chi connectivity index (χ1n) is 3.70. The molecule has 9 heteroatoms. The number of hydrogen-bond acceptors (Lipinski definition) is 5. The van der Waals surface area contributed by atoms with Crippen molar-refractivity contribution in [1.82, 2.24) is 0 Å². The van der Waals surface area contributed by atoms with E-state index < -0.39 is 37.8 Å². The number of carboxylic acids is 1. The molecule has 1 aromatic rings. The van der Waals surface area contributed by atoms with Gasteiger partial charge in [-0.3, -0.25) is 20.2 Å². The molecule has 0 saturated heterocycles. The van der Waals surface area contributed by atoms with E-state index in [9.17, 15) is 25.0 Å². The molecule has 0 atom stereocenters. The Kier molecular flexibility index (Phi) is 3.04. The molecule has 0 heterocycles. The Morgan fingerprint density at radius 2 is 1.69 bits per heavy atom. The summed E-state index contributed by atoms with van der Waals surface area (Å²) >= 11 is 5.41. The van der Waals surface area contributed by atoms with E-state index in [1.807, 2.05) is 0 Å². The van der Waals surface area contributed by atoms with Crippen LogP contribution in [0.1, 0.15) is 10.4 Å². The fraction of sp³-hybridized carbons (Fsp3) is 0. The van der Waals surface area contributed by atoms with Gasteiger partial charge in [0.1, 0.15) is 10.6 Å². The van der Waals surface area contributed by atoms with Gasteiger partial charge in [0.15, 0.2) is 0 Å². The van der Waals surface area contributed by atoms with Crippen LogP contribution < -0.4 is 0 Å². The fourth-order valence-electron chi connectivity index (χ4n) is 1.09. The normalized spacial score (nSPS) is 9.81. The van der Waals surface area contributed by atoms with Crippen LogP contribution in [0.4, 0.5) is 11.4 Å². The van der Waals surface area contributed by atoms with Gasteiger partial charge in [0.05, 0.1) is 9.85 Å². The zero-order chi connectivity index (χ0) is 12.5. The Morgan fingerprint density at radius 3 is 2.06 bits per heavy atom. The molecule has 0 saturated carbocycles. The van der Waals surface area contributed by atoms with Crippen LogP contribution in [-0.4, -0.2) is 20.9 Å². The second kappa shape index (κ2) is 4.11. The molecule has 1 aromatic carbocycles. The zero-order valence-electron chi connectivity index (χ0n) is 7.42. The van der Waals surface area contributed by atoms with Gasteiger partial charge in [-0.15, -0.1) is 0 Å². The van der Waals surface area contributed by atoms with Crippen molar-refractivity contribution in [2.75, 3.05) is 0 Å². The van der Waals surface area contributed by atoms with Crippen molar-refractivity contribution < 1.29 is 19.7 Å². The lowest BCUT2D eigenvalue weighted by atomic mass is 10.1. The van der Waals surface area contributed by atoms with Gasteiger partial charge in [-0.25, -0.2) is 4.79 Å². The first kappa shape index (κ1) is 11.9. The van der Waals surface area contributed by atoms with Crippen LogP contribution >= 0.6 is 11.6 Å².